The van der Waals surface area contributed by atoms with Gasteiger partial charge >= 0.3 is 0 Å². The fraction of sp³-hybridized carbons (Fsp3) is 0.368. The molecular formula is C57H59NO4S. The molecule has 1 unspecified atom stereocenters. The highest BCUT2D eigenvalue weighted by molar-refractivity contribution is 8.00. The first-order chi connectivity index (χ1) is 30.8. The van der Waals surface area contributed by atoms with Crippen LogP contribution < -0.4 is 19.1 Å². The summed E-state index contributed by atoms with van der Waals surface area (Å²) in [5.74, 6) is 2.60. The van der Waals surface area contributed by atoms with Gasteiger partial charge in [-0.15, -0.1) is 11.8 Å². The lowest BCUT2D eigenvalue weighted by Gasteiger charge is -2.46. The maximum Gasteiger partial charge on any atom is 0.178 e. The molecule has 1 spiro atoms. The Morgan fingerprint density at radius 1 is 0.698 bits per heavy atom. The van der Waals surface area contributed by atoms with Crippen molar-refractivity contribution >= 4 is 34.3 Å². The number of benzene rings is 6. The van der Waals surface area contributed by atoms with E-state index in [-0.39, 0.29) is 10.8 Å². The van der Waals surface area contributed by atoms with Gasteiger partial charge in [0.1, 0.15) is 17.2 Å². The first kappa shape index (κ1) is 40.6. The quantitative estimate of drug-likeness (QED) is 0.152. The largest absolute Gasteiger partial charge is 0.497 e. The molecule has 6 aromatic rings. The predicted octanol–water partition coefficient (Wildman–Crippen LogP) is 14.0. The molecule has 0 radical (unpaired) electrons. The monoisotopic (exact) mass is 853 g/mol. The Morgan fingerprint density at radius 2 is 1.38 bits per heavy atom. The fourth-order valence-corrected chi connectivity index (χ4v) is 13.4. The van der Waals surface area contributed by atoms with Crippen LogP contribution in [0.3, 0.4) is 0 Å². The zero-order valence-corrected chi connectivity index (χ0v) is 38.1. The molecule has 63 heavy (non-hydrogen) atoms. The Bertz CT molecular complexity index is 2640. The lowest BCUT2D eigenvalue weighted by atomic mass is 9.59. The van der Waals surface area contributed by atoms with E-state index >= 15 is 0 Å². The van der Waals surface area contributed by atoms with E-state index in [0.717, 1.165) is 67.5 Å². The van der Waals surface area contributed by atoms with Crippen LogP contribution in [0.1, 0.15) is 99.5 Å². The molecule has 0 N–H and O–H groups in total. The summed E-state index contributed by atoms with van der Waals surface area (Å²) in [6, 6.07) is 40.7. The van der Waals surface area contributed by atoms with Crippen LogP contribution in [0, 0.1) is 5.41 Å². The van der Waals surface area contributed by atoms with Gasteiger partial charge in [-0.3, -0.25) is 0 Å². The molecule has 1 atom stereocenters. The van der Waals surface area contributed by atoms with Crippen molar-refractivity contribution in [2.45, 2.75) is 92.8 Å². The summed E-state index contributed by atoms with van der Waals surface area (Å²) in [6.45, 7) is 8.36. The van der Waals surface area contributed by atoms with Crippen LogP contribution >= 0.6 is 11.8 Å². The molecule has 5 aliphatic rings. The molecular weight excluding hydrogens is 795 g/mol. The zero-order chi connectivity index (χ0) is 42.8. The molecule has 3 fully saturated rings. The number of hydrogen-bond acceptors (Lipinski definition) is 6. The van der Waals surface area contributed by atoms with E-state index in [9.17, 15) is 0 Å². The molecule has 0 aromatic heterocycles. The highest BCUT2D eigenvalue weighted by atomic mass is 32.2. The van der Waals surface area contributed by atoms with E-state index in [1.54, 1.807) is 14.2 Å². The number of nitrogens with zero attached hydrogens (tertiary/aromatic N) is 1. The molecule has 2 saturated carbocycles. The summed E-state index contributed by atoms with van der Waals surface area (Å²) >= 11 is 2.12. The summed E-state index contributed by atoms with van der Waals surface area (Å²) in [4.78, 5) is 3.82. The van der Waals surface area contributed by atoms with E-state index in [1.165, 1.54) is 105 Å². The Kier molecular flexibility index (Phi) is 10.4. The van der Waals surface area contributed by atoms with Crippen molar-refractivity contribution in [1.82, 2.24) is 0 Å². The van der Waals surface area contributed by atoms with Gasteiger partial charge in [0.25, 0.3) is 0 Å². The van der Waals surface area contributed by atoms with Crippen molar-refractivity contribution in [2.24, 2.45) is 5.41 Å². The molecule has 0 bridgehead atoms. The topological polar surface area (TPSA) is 40.2 Å². The summed E-state index contributed by atoms with van der Waals surface area (Å²) in [6.07, 6.45) is 15.9. The minimum atomic E-state index is -0.910. The Balaban J connectivity index is 1.20. The number of rotatable bonds is 8. The molecule has 11 rings (SSSR count). The van der Waals surface area contributed by atoms with E-state index < -0.39 is 5.60 Å². The van der Waals surface area contributed by atoms with Crippen LogP contribution in [0.4, 0.5) is 5.69 Å². The van der Waals surface area contributed by atoms with Gasteiger partial charge in [0.05, 0.1) is 27.4 Å². The van der Waals surface area contributed by atoms with Gasteiger partial charge < -0.3 is 23.8 Å². The molecule has 3 aliphatic carbocycles. The third-order valence-electron chi connectivity index (χ3n) is 15.0. The van der Waals surface area contributed by atoms with Crippen molar-refractivity contribution in [2.75, 3.05) is 45.4 Å². The third kappa shape index (κ3) is 6.95. The maximum atomic E-state index is 7.95. The van der Waals surface area contributed by atoms with Crippen molar-refractivity contribution in [3.63, 3.8) is 0 Å². The second kappa shape index (κ2) is 16.1. The number of anilines is 1. The number of fused-ring (bicyclic) bond motifs is 10. The predicted molar refractivity (Wildman–Crippen MR) is 260 cm³/mol. The van der Waals surface area contributed by atoms with E-state index in [0.29, 0.717) is 5.25 Å². The first-order valence-electron chi connectivity index (χ1n) is 23.3. The minimum absolute atomic E-state index is 0.120. The van der Waals surface area contributed by atoms with Crippen LogP contribution in [0.2, 0.25) is 0 Å². The van der Waals surface area contributed by atoms with Gasteiger partial charge in [-0.2, -0.15) is 0 Å². The van der Waals surface area contributed by atoms with Crippen molar-refractivity contribution in [3.05, 3.63) is 143 Å². The first-order valence-corrected chi connectivity index (χ1v) is 24.2. The van der Waals surface area contributed by atoms with Crippen molar-refractivity contribution in [3.8, 4) is 39.5 Å². The molecule has 322 valence electrons. The van der Waals surface area contributed by atoms with Gasteiger partial charge in [-0.05, 0) is 131 Å². The normalized spacial score (nSPS) is 21.1. The number of morpholine rings is 1. The maximum absolute atomic E-state index is 7.95. The molecule has 5 nitrogen and oxygen atoms in total. The van der Waals surface area contributed by atoms with Crippen molar-refractivity contribution < 1.29 is 18.9 Å². The lowest BCUT2D eigenvalue weighted by Crippen LogP contribution is -2.38. The van der Waals surface area contributed by atoms with E-state index in [1.807, 2.05) is 0 Å². The Morgan fingerprint density at radius 3 is 2.05 bits per heavy atom. The Hall–Kier alpha value is -5.17. The summed E-state index contributed by atoms with van der Waals surface area (Å²) in [5, 5.41) is 3.07. The fourth-order valence-electron chi connectivity index (χ4n) is 12.0. The molecule has 2 heterocycles. The standard InChI is InChI=1S/C57H59NO4S/c1-55(2)28-10-29-56(37-55)50-14-9-8-13-45(50)52-48-36-51(63-44-11-6-5-7-12-44)47(38-15-21-41(22-16-38)58-31-33-61-34-32-58)35-49(48)54-46(53(52)56)27-30-57(62-54,39-17-23-42(59-3)24-18-39)40-19-25-43(60-4)26-20-40/h8-9,13-27,30,35-36,44H,5-7,10-12,28-29,31-34,37H2,1-4H3. The minimum Gasteiger partial charge on any atom is -0.497 e. The second-order valence-corrected chi connectivity index (χ2v) is 20.7. The van der Waals surface area contributed by atoms with Gasteiger partial charge in [-0.1, -0.05) is 106 Å². The third-order valence-corrected chi connectivity index (χ3v) is 16.4. The highest BCUT2D eigenvalue weighted by Gasteiger charge is 2.52. The van der Waals surface area contributed by atoms with Crippen LogP contribution in [0.25, 0.3) is 39.1 Å². The number of ether oxygens (including phenoxy) is 4. The summed E-state index contributed by atoms with van der Waals surface area (Å²) in [5.41, 5.74) is 12.0. The number of thioether (sulfide) groups is 1. The van der Waals surface area contributed by atoms with Crippen LogP contribution in [0.5, 0.6) is 17.2 Å². The van der Waals surface area contributed by atoms with E-state index in [4.69, 9.17) is 18.9 Å². The molecule has 2 aliphatic heterocycles. The lowest BCUT2D eigenvalue weighted by molar-refractivity contribution is 0.122. The van der Waals surface area contributed by atoms with Crippen LogP contribution in [-0.2, 0) is 15.8 Å². The summed E-state index contributed by atoms with van der Waals surface area (Å²) < 4.78 is 25.0. The molecule has 1 saturated heterocycles. The molecule has 0 amide bonds. The van der Waals surface area contributed by atoms with Gasteiger partial charge in [-0.25, -0.2) is 0 Å². The number of hydrogen-bond donors (Lipinski definition) is 0. The van der Waals surface area contributed by atoms with Crippen molar-refractivity contribution in [1.29, 1.82) is 0 Å². The molecule has 6 heteroatoms. The number of methoxy groups -OCH3 is 2. The SMILES string of the molecule is COc1ccc(C2(c3ccc(OC)cc3)C=Cc3c4c(c5cc(SC6CCCCC6)c(-c6ccc(N7CCOCC7)cc6)cc5c3O2)-c2ccccc2C42CCCC(C)(C)C2)cc1. The smallest absolute Gasteiger partial charge is 0.178 e. The van der Waals surface area contributed by atoms with E-state index in [2.05, 4.69) is 152 Å². The van der Waals surface area contributed by atoms with Crippen LogP contribution in [-0.4, -0.2) is 45.8 Å². The van der Waals surface area contributed by atoms with Crippen LogP contribution in [0.15, 0.2) is 120 Å². The molecule has 6 aromatic carbocycles. The highest BCUT2D eigenvalue weighted by Crippen LogP contribution is 2.65. The summed E-state index contributed by atoms with van der Waals surface area (Å²) in [7, 11) is 3.45. The Labute approximate surface area is 377 Å². The van der Waals surface area contributed by atoms with Gasteiger partial charge in [0.15, 0.2) is 5.60 Å². The van der Waals surface area contributed by atoms with Gasteiger partial charge in [0.2, 0.25) is 0 Å². The second-order valence-electron chi connectivity index (χ2n) is 19.4. The van der Waals surface area contributed by atoms with Gasteiger partial charge in [0, 0.05) is 56.4 Å². The zero-order valence-electron chi connectivity index (χ0n) is 37.3. The average molecular weight is 854 g/mol. The average Bonchev–Trinajstić information content (AvgIpc) is 3.60.